The van der Waals surface area contributed by atoms with Gasteiger partial charge in [0.1, 0.15) is 5.82 Å². The third-order valence-electron chi connectivity index (χ3n) is 7.25. The molecule has 1 aromatic heterocycles. The minimum Gasteiger partial charge on any atom is -0.381 e. The molecule has 0 unspecified atom stereocenters. The summed E-state index contributed by atoms with van der Waals surface area (Å²) in [5.74, 6) is -2.06. The largest absolute Gasteiger partial charge is 0.394 e. The summed E-state index contributed by atoms with van der Waals surface area (Å²) >= 11 is 0. The summed E-state index contributed by atoms with van der Waals surface area (Å²) in [7, 11) is 1.30. The molecular formula is C25H29F3N4O3. The number of anilines is 4. The Kier molecular flexibility index (Phi) is 6.59. The van der Waals surface area contributed by atoms with Crippen molar-refractivity contribution in [1.29, 1.82) is 0 Å². The number of morpholine rings is 1. The normalized spacial score (nSPS) is 24.7. The zero-order valence-corrected chi connectivity index (χ0v) is 19.6. The maximum absolute atomic E-state index is 13.9. The molecule has 2 fully saturated rings. The van der Waals surface area contributed by atoms with Crippen LogP contribution in [0.3, 0.4) is 0 Å². The van der Waals surface area contributed by atoms with Crippen LogP contribution in [0.2, 0.25) is 0 Å². The second-order valence-electron chi connectivity index (χ2n) is 9.29. The van der Waals surface area contributed by atoms with Crippen molar-refractivity contribution in [2.24, 2.45) is 11.8 Å². The number of benzene rings is 1. The average Bonchev–Trinajstić information content (AvgIpc) is 3.04. The van der Waals surface area contributed by atoms with E-state index in [1.54, 1.807) is 17.2 Å². The Balaban J connectivity index is 1.50. The van der Waals surface area contributed by atoms with Crippen LogP contribution < -0.4 is 15.1 Å². The van der Waals surface area contributed by atoms with E-state index in [1.165, 1.54) is 7.11 Å². The maximum Gasteiger partial charge on any atom is 0.394 e. The van der Waals surface area contributed by atoms with Gasteiger partial charge in [0, 0.05) is 43.6 Å². The number of hydrogen-bond acceptors (Lipinski definition) is 6. The molecule has 35 heavy (non-hydrogen) atoms. The SMILES string of the molecule is CO[C@@H]1CC[C@H](C(=O)N2Cc3cccnc3Nc3ccc(N4CCOCC4)cc32)C[C@@H]1C(F)(F)F. The zero-order chi connectivity index (χ0) is 24.6. The fraction of sp³-hybridized carbons (Fsp3) is 0.520. The minimum absolute atomic E-state index is 0.196. The van der Waals surface area contributed by atoms with Crippen LogP contribution in [0.15, 0.2) is 36.5 Å². The second kappa shape index (κ2) is 9.66. The first-order valence-corrected chi connectivity index (χ1v) is 11.9. The molecule has 0 spiro atoms. The lowest BCUT2D eigenvalue weighted by molar-refractivity contribution is -0.216. The van der Waals surface area contributed by atoms with Crippen molar-refractivity contribution in [2.75, 3.05) is 48.5 Å². The first-order chi connectivity index (χ1) is 16.8. The van der Waals surface area contributed by atoms with Crippen molar-refractivity contribution >= 4 is 28.8 Å². The van der Waals surface area contributed by atoms with Crippen LogP contribution in [-0.4, -0.2) is 56.6 Å². The number of alkyl halides is 3. The van der Waals surface area contributed by atoms with E-state index in [4.69, 9.17) is 9.47 Å². The summed E-state index contributed by atoms with van der Waals surface area (Å²) in [6.07, 6.45) is -3.39. The van der Waals surface area contributed by atoms with Crippen molar-refractivity contribution in [1.82, 2.24) is 4.98 Å². The monoisotopic (exact) mass is 490 g/mol. The molecule has 188 valence electrons. The Morgan fingerprint density at radius 2 is 2.00 bits per heavy atom. The molecule has 3 atom stereocenters. The van der Waals surface area contributed by atoms with Crippen LogP contribution in [0.4, 0.5) is 36.1 Å². The molecule has 1 aromatic carbocycles. The fourth-order valence-electron chi connectivity index (χ4n) is 5.34. The van der Waals surface area contributed by atoms with E-state index in [9.17, 15) is 18.0 Å². The van der Waals surface area contributed by atoms with Crippen molar-refractivity contribution in [3.63, 3.8) is 0 Å². The smallest absolute Gasteiger partial charge is 0.381 e. The fourth-order valence-corrected chi connectivity index (χ4v) is 5.34. The van der Waals surface area contributed by atoms with Gasteiger partial charge in [-0.3, -0.25) is 4.79 Å². The highest BCUT2D eigenvalue weighted by molar-refractivity contribution is 6.00. The summed E-state index contributed by atoms with van der Waals surface area (Å²) < 4.78 is 51.9. The van der Waals surface area contributed by atoms with Gasteiger partial charge in [0.2, 0.25) is 5.91 Å². The van der Waals surface area contributed by atoms with Gasteiger partial charge >= 0.3 is 6.18 Å². The summed E-state index contributed by atoms with van der Waals surface area (Å²) in [5.41, 5.74) is 3.10. The number of fused-ring (bicyclic) bond motifs is 2. The van der Waals surface area contributed by atoms with E-state index in [2.05, 4.69) is 15.2 Å². The van der Waals surface area contributed by atoms with Gasteiger partial charge in [-0.25, -0.2) is 4.98 Å². The summed E-state index contributed by atoms with van der Waals surface area (Å²) in [4.78, 5) is 22.1. The Hall–Kier alpha value is -2.85. The van der Waals surface area contributed by atoms with E-state index in [1.807, 2.05) is 24.3 Å². The molecule has 1 N–H and O–H groups in total. The van der Waals surface area contributed by atoms with Gasteiger partial charge in [0.15, 0.2) is 0 Å². The van der Waals surface area contributed by atoms with Crippen molar-refractivity contribution in [3.05, 3.63) is 42.1 Å². The lowest BCUT2D eigenvalue weighted by Gasteiger charge is -2.38. The highest BCUT2D eigenvalue weighted by atomic mass is 19.4. The first kappa shape index (κ1) is 23.9. The standard InChI is InChI=1S/C25H29F3N4O3/c1-34-22-7-4-16(13-19(22)25(26,27)28)24(33)32-15-17-3-2-8-29-23(17)30-20-6-5-18(14-21(20)32)31-9-11-35-12-10-31/h2-3,5-6,8,14,16,19,22H,4,7,9-13,15H2,1H3,(H,29,30)/t16-,19-,22+/m0/s1. The van der Waals surface area contributed by atoms with E-state index in [0.29, 0.717) is 36.8 Å². The molecule has 2 aliphatic heterocycles. The number of carbonyl (C=O) groups is 1. The van der Waals surface area contributed by atoms with Crippen LogP contribution in [0.1, 0.15) is 24.8 Å². The third-order valence-corrected chi connectivity index (χ3v) is 7.25. The van der Waals surface area contributed by atoms with E-state index < -0.39 is 24.1 Å². The number of rotatable bonds is 3. The molecule has 3 heterocycles. The molecular weight excluding hydrogens is 461 g/mol. The minimum atomic E-state index is -4.42. The number of halogens is 3. The quantitative estimate of drug-likeness (QED) is 0.684. The molecule has 1 amide bonds. The first-order valence-electron chi connectivity index (χ1n) is 11.9. The lowest BCUT2D eigenvalue weighted by atomic mass is 9.78. The maximum atomic E-state index is 13.9. The van der Waals surface area contributed by atoms with Gasteiger partial charge in [-0.2, -0.15) is 13.2 Å². The molecule has 1 saturated heterocycles. The Morgan fingerprint density at radius 3 is 2.74 bits per heavy atom. The van der Waals surface area contributed by atoms with Crippen LogP contribution >= 0.6 is 0 Å². The number of methoxy groups -OCH3 is 1. The average molecular weight is 491 g/mol. The zero-order valence-electron chi connectivity index (χ0n) is 19.6. The van der Waals surface area contributed by atoms with Gasteiger partial charge in [-0.15, -0.1) is 0 Å². The Bertz CT molecular complexity index is 1070. The lowest BCUT2D eigenvalue weighted by Crippen LogP contribution is -2.45. The Morgan fingerprint density at radius 1 is 1.20 bits per heavy atom. The molecule has 3 aliphatic rings. The second-order valence-corrected chi connectivity index (χ2v) is 9.29. The van der Waals surface area contributed by atoms with E-state index in [0.717, 1.165) is 24.3 Å². The number of ether oxygens (including phenoxy) is 2. The van der Waals surface area contributed by atoms with Crippen LogP contribution in [0.25, 0.3) is 0 Å². The Labute approximate surface area is 202 Å². The number of carbonyl (C=O) groups excluding carboxylic acids is 1. The van der Waals surface area contributed by atoms with Gasteiger partial charge in [-0.1, -0.05) is 6.07 Å². The number of pyridine rings is 1. The third kappa shape index (κ3) is 4.81. The van der Waals surface area contributed by atoms with Gasteiger partial charge in [0.05, 0.1) is 43.2 Å². The summed E-state index contributed by atoms with van der Waals surface area (Å²) in [5, 5.41) is 3.32. The van der Waals surface area contributed by atoms with Crippen LogP contribution in [-0.2, 0) is 20.8 Å². The summed E-state index contributed by atoms with van der Waals surface area (Å²) in [6, 6.07) is 9.51. The number of hydrogen-bond donors (Lipinski definition) is 1. The topological polar surface area (TPSA) is 66.9 Å². The van der Waals surface area contributed by atoms with Gasteiger partial charge in [0.25, 0.3) is 0 Å². The summed E-state index contributed by atoms with van der Waals surface area (Å²) in [6.45, 7) is 2.94. The molecule has 7 nitrogen and oxygen atoms in total. The van der Waals surface area contributed by atoms with Gasteiger partial charge < -0.3 is 24.6 Å². The number of amides is 1. The molecule has 1 aliphatic carbocycles. The van der Waals surface area contributed by atoms with Gasteiger partial charge in [-0.05, 0) is 43.5 Å². The molecule has 5 rings (SSSR count). The van der Waals surface area contributed by atoms with Crippen LogP contribution in [0.5, 0.6) is 0 Å². The predicted molar refractivity (Wildman–Crippen MR) is 126 cm³/mol. The highest BCUT2D eigenvalue weighted by Gasteiger charge is 2.50. The molecule has 10 heteroatoms. The van der Waals surface area contributed by atoms with Crippen LogP contribution in [0, 0.1) is 11.8 Å². The molecule has 0 radical (unpaired) electrons. The number of aromatic nitrogens is 1. The highest BCUT2D eigenvalue weighted by Crippen LogP contribution is 2.44. The van der Waals surface area contributed by atoms with Crippen molar-refractivity contribution < 1.29 is 27.4 Å². The molecule has 1 saturated carbocycles. The van der Waals surface area contributed by atoms with Crippen molar-refractivity contribution in [3.8, 4) is 0 Å². The molecule has 0 bridgehead atoms. The van der Waals surface area contributed by atoms with E-state index in [-0.39, 0.29) is 25.3 Å². The van der Waals surface area contributed by atoms with Crippen molar-refractivity contribution in [2.45, 2.75) is 38.1 Å². The van der Waals surface area contributed by atoms with E-state index >= 15 is 0 Å². The number of nitrogens with zero attached hydrogens (tertiary/aromatic N) is 3. The predicted octanol–water partition coefficient (Wildman–Crippen LogP) is 4.50. The molecule has 2 aromatic rings. The number of nitrogens with one attached hydrogen (secondary N) is 1.